The van der Waals surface area contributed by atoms with Crippen molar-refractivity contribution >= 4 is 21.8 Å². The largest absolute Gasteiger partial charge is 0.396 e. The summed E-state index contributed by atoms with van der Waals surface area (Å²) in [7, 11) is 0. The minimum atomic E-state index is -0.0677. The number of rotatable bonds is 7. The molecule has 3 nitrogen and oxygen atoms in total. The lowest BCUT2D eigenvalue weighted by Crippen LogP contribution is -2.37. The maximum absolute atomic E-state index is 12.1. The Bertz CT molecular complexity index is 429. The molecule has 0 spiro atoms. The van der Waals surface area contributed by atoms with Gasteiger partial charge in [0, 0.05) is 23.5 Å². The van der Waals surface area contributed by atoms with Crippen molar-refractivity contribution in [2.45, 2.75) is 33.6 Å². The molecule has 1 aromatic rings. The highest BCUT2D eigenvalue weighted by Crippen LogP contribution is 2.19. The first-order valence-electron chi connectivity index (χ1n) is 6.97. The Kier molecular flexibility index (Phi) is 6.69. The number of aliphatic hydroxyl groups is 1. The Morgan fingerprint density at radius 3 is 2.50 bits per heavy atom. The second-order valence-corrected chi connectivity index (χ2v) is 7.00. The number of aliphatic hydroxyl groups excluding tert-OH is 1. The van der Waals surface area contributed by atoms with Crippen LogP contribution in [0.1, 0.15) is 32.8 Å². The van der Waals surface area contributed by atoms with E-state index in [1.54, 1.807) is 0 Å². The first kappa shape index (κ1) is 17.2. The summed E-state index contributed by atoms with van der Waals surface area (Å²) in [5, 5.41) is 12.0. The number of hydrogen-bond donors (Lipinski definition) is 2. The van der Waals surface area contributed by atoms with Crippen molar-refractivity contribution in [3.8, 4) is 0 Å². The van der Waals surface area contributed by atoms with Crippen LogP contribution in [0.2, 0.25) is 0 Å². The second kappa shape index (κ2) is 7.79. The molecule has 0 bridgehead atoms. The van der Waals surface area contributed by atoms with Gasteiger partial charge in [-0.3, -0.25) is 4.79 Å². The maximum Gasteiger partial charge on any atom is 0.223 e. The van der Waals surface area contributed by atoms with E-state index in [0.717, 1.165) is 16.5 Å². The summed E-state index contributed by atoms with van der Waals surface area (Å²) in [6, 6.07) is 8.04. The zero-order valence-corrected chi connectivity index (χ0v) is 14.0. The topological polar surface area (TPSA) is 49.3 Å². The van der Waals surface area contributed by atoms with Crippen LogP contribution in [0.25, 0.3) is 0 Å². The Morgan fingerprint density at radius 1 is 1.35 bits per heavy atom. The number of carbonyl (C=O) groups is 1. The SMILES string of the molecule is CC(Cc1ccc(Br)cc1)C(=O)NCC(C)(C)CCO. The molecule has 0 aliphatic carbocycles. The molecule has 2 N–H and O–H groups in total. The van der Waals surface area contributed by atoms with Crippen LogP contribution >= 0.6 is 15.9 Å². The minimum Gasteiger partial charge on any atom is -0.396 e. The molecule has 20 heavy (non-hydrogen) atoms. The van der Waals surface area contributed by atoms with Crippen molar-refractivity contribution in [3.63, 3.8) is 0 Å². The molecule has 112 valence electrons. The molecule has 1 amide bonds. The van der Waals surface area contributed by atoms with Gasteiger partial charge in [-0.25, -0.2) is 0 Å². The Labute approximate surface area is 129 Å². The molecule has 1 rings (SSSR count). The van der Waals surface area contributed by atoms with Crippen LogP contribution in [-0.2, 0) is 11.2 Å². The number of carbonyl (C=O) groups excluding carboxylic acids is 1. The zero-order valence-electron chi connectivity index (χ0n) is 12.4. The second-order valence-electron chi connectivity index (χ2n) is 6.09. The lowest BCUT2D eigenvalue weighted by molar-refractivity contribution is -0.125. The van der Waals surface area contributed by atoms with E-state index in [1.807, 2.05) is 45.0 Å². The number of halogens is 1. The smallest absolute Gasteiger partial charge is 0.223 e. The van der Waals surface area contributed by atoms with Gasteiger partial charge in [-0.2, -0.15) is 0 Å². The Morgan fingerprint density at radius 2 is 1.95 bits per heavy atom. The summed E-state index contributed by atoms with van der Waals surface area (Å²) in [6.45, 7) is 6.77. The van der Waals surface area contributed by atoms with Crippen molar-refractivity contribution in [2.24, 2.45) is 11.3 Å². The molecule has 1 atom stereocenters. The predicted octanol–water partition coefficient (Wildman–Crippen LogP) is 3.15. The van der Waals surface area contributed by atoms with Gasteiger partial charge in [-0.1, -0.05) is 48.8 Å². The van der Waals surface area contributed by atoms with Crippen molar-refractivity contribution in [3.05, 3.63) is 34.3 Å². The summed E-state index contributed by atoms with van der Waals surface area (Å²) in [5.41, 5.74) is 1.09. The van der Waals surface area contributed by atoms with E-state index in [4.69, 9.17) is 5.11 Å². The van der Waals surface area contributed by atoms with Crippen LogP contribution in [0.3, 0.4) is 0 Å². The highest BCUT2D eigenvalue weighted by Gasteiger charge is 2.20. The number of nitrogens with one attached hydrogen (secondary N) is 1. The summed E-state index contributed by atoms with van der Waals surface area (Å²) in [5.74, 6) is 0.0139. The third kappa shape index (κ3) is 6.06. The summed E-state index contributed by atoms with van der Waals surface area (Å²) < 4.78 is 1.05. The lowest BCUT2D eigenvalue weighted by Gasteiger charge is -2.25. The Balaban J connectivity index is 2.45. The third-order valence-corrected chi connectivity index (χ3v) is 3.96. The van der Waals surface area contributed by atoms with Crippen LogP contribution in [0.5, 0.6) is 0 Å². The normalized spacial score (nSPS) is 13.1. The molecule has 0 aliphatic rings. The fourth-order valence-electron chi connectivity index (χ4n) is 1.96. The monoisotopic (exact) mass is 341 g/mol. The summed E-state index contributed by atoms with van der Waals surface area (Å²) >= 11 is 3.40. The molecule has 0 aliphatic heterocycles. The quantitative estimate of drug-likeness (QED) is 0.800. The van der Waals surface area contributed by atoms with Gasteiger partial charge >= 0.3 is 0 Å². The van der Waals surface area contributed by atoms with Gasteiger partial charge in [-0.15, -0.1) is 0 Å². The van der Waals surface area contributed by atoms with E-state index in [2.05, 4.69) is 21.2 Å². The first-order chi connectivity index (χ1) is 9.34. The third-order valence-electron chi connectivity index (χ3n) is 3.43. The van der Waals surface area contributed by atoms with Crippen LogP contribution in [0.4, 0.5) is 0 Å². The number of amides is 1. The maximum atomic E-state index is 12.1. The van der Waals surface area contributed by atoms with Gasteiger partial charge in [0.1, 0.15) is 0 Å². The molecule has 0 saturated heterocycles. The molecule has 1 aromatic carbocycles. The molecular weight excluding hydrogens is 318 g/mol. The average molecular weight is 342 g/mol. The van der Waals surface area contributed by atoms with E-state index >= 15 is 0 Å². The molecule has 0 heterocycles. The van der Waals surface area contributed by atoms with E-state index in [-0.39, 0.29) is 23.8 Å². The highest BCUT2D eigenvalue weighted by atomic mass is 79.9. The molecule has 1 unspecified atom stereocenters. The highest BCUT2D eigenvalue weighted by molar-refractivity contribution is 9.10. The van der Waals surface area contributed by atoms with Gasteiger partial charge in [-0.05, 0) is 36.0 Å². The van der Waals surface area contributed by atoms with Gasteiger partial charge < -0.3 is 10.4 Å². The minimum absolute atomic E-state index is 0.0545. The van der Waals surface area contributed by atoms with Gasteiger partial charge in [0.05, 0.1) is 0 Å². The molecule has 0 saturated carbocycles. The summed E-state index contributed by atoms with van der Waals surface area (Å²) in [4.78, 5) is 12.1. The van der Waals surface area contributed by atoms with Crippen LogP contribution in [0, 0.1) is 11.3 Å². The van der Waals surface area contributed by atoms with Crippen LogP contribution < -0.4 is 5.32 Å². The van der Waals surface area contributed by atoms with Crippen LogP contribution in [0.15, 0.2) is 28.7 Å². The van der Waals surface area contributed by atoms with Crippen molar-refractivity contribution in [2.75, 3.05) is 13.2 Å². The van der Waals surface area contributed by atoms with Gasteiger partial charge in [0.15, 0.2) is 0 Å². The average Bonchev–Trinajstić information content (AvgIpc) is 2.38. The van der Waals surface area contributed by atoms with Crippen molar-refractivity contribution in [1.29, 1.82) is 0 Å². The van der Waals surface area contributed by atoms with E-state index < -0.39 is 0 Å². The van der Waals surface area contributed by atoms with E-state index in [0.29, 0.717) is 13.0 Å². The van der Waals surface area contributed by atoms with Crippen molar-refractivity contribution < 1.29 is 9.90 Å². The predicted molar refractivity (Wildman–Crippen MR) is 85.5 cm³/mol. The van der Waals surface area contributed by atoms with Gasteiger partial charge in [0.25, 0.3) is 0 Å². The van der Waals surface area contributed by atoms with E-state index in [9.17, 15) is 4.79 Å². The van der Waals surface area contributed by atoms with E-state index in [1.165, 1.54) is 0 Å². The van der Waals surface area contributed by atoms with Gasteiger partial charge in [0.2, 0.25) is 5.91 Å². The number of benzene rings is 1. The van der Waals surface area contributed by atoms with Crippen LogP contribution in [-0.4, -0.2) is 24.2 Å². The first-order valence-corrected chi connectivity index (χ1v) is 7.76. The molecular formula is C16H24BrNO2. The fourth-order valence-corrected chi connectivity index (χ4v) is 2.22. The molecule has 4 heteroatoms. The molecule has 0 radical (unpaired) electrons. The van der Waals surface area contributed by atoms with Crippen molar-refractivity contribution in [1.82, 2.24) is 5.32 Å². The lowest BCUT2D eigenvalue weighted by atomic mass is 9.89. The summed E-state index contributed by atoms with van der Waals surface area (Å²) in [6.07, 6.45) is 1.42. The fraction of sp³-hybridized carbons (Fsp3) is 0.562. The zero-order chi connectivity index (χ0) is 15.2. The number of hydrogen-bond acceptors (Lipinski definition) is 2. The molecule has 0 fully saturated rings. The standard InChI is InChI=1S/C16H24BrNO2/c1-12(10-13-4-6-14(17)7-5-13)15(20)18-11-16(2,3)8-9-19/h4-7,12,19H,8-11H2,1-3H3,(H,18,20). The Hall–Kier alpha value is -0.870. The molecule has 0 aromatic heterocycles.